The van der Waals surface area contributed by atoms with Crippen molar-refractivity contribution in [3.05, 3.63) is 59.7 Å². The van der Waals surface area contributed by atoms with Crippen molar-refractivity contribution in [1.29, 1.82) is 0 Å². The standard InChI is InChI=1S/C22H23N5O5S/c1-31-15-7-3-13(4-8-15)11-24-19(28)17-18(25-26-22(23)33)21(30)27(20(17)29)12-14-5-9-16(32-2)10-6-14/h3-10,17H,11-12H2,1-2H3,(H,24,28)(H3,23,26,33)/b25-18+/t17-/m1/s1. The van der Waals surface area contributed by atoms with Gasteiger partial charge in [-0.3, -0.25) is 24.7 Å². The highest BCUT2D eigenvalue weighted by Gasteiger charge is 2.49. The SMILES string of the molecule is COc1ccc(CNC(=O)[C@@H]2C(=O)N(Cc3ccc(OC)cc3)C(=O)/C2=N/NC(N)=S)cc1. The van der Waals surface area contributed by atoms with Gasteiger partial charge < -0.3 is 20.5 Å². The van der Waals surface area contributed by atoms with Crippen molar-refractivity contribution in [3.8, 4) is 11.5 Å². The number of carbonyl (C=O) groups is 3. The van der Waals surface area contributed by atoms with Crippen LogP contribution in [0.5, 0.6) is 11.5 Å². The molecule has 0 radical (unpaired) electrons. The van der Waals surface area contributed by atoms with Crippen molar-refractivity contribution in [1.82, 2.24) is 15.6 Å². The second-order valence-electron chi connectivity index (χ2n) is 7.05. The number of benzene rings is 2. The van der Waals surface area contributed by atoms with Crippen LogP contribution in [0.3, 0.4) is 0 Å². The summed E-state index contributed by atoms with van der Waals surface area (Å²) >= 11 is 4.72. The van der Waals surface area contributed by atoms with Crippen molar-refractivity contribution in [2.24, 2.45) is 16.8 Å². The summed E-state index contributed by atoms with van der Waals surface area (Å²) in [5.74, 6) is -2.18. The smallest absolute Gasteiger partial charge is 0.278 e. The van der Waals surface area contributed by atoms with Gasteiger partial charge in [-0.05, 0) is 47.6 Å². The van der Waals surface area contributed by atoms with Crippen LogP contribution >= 0.6 is 12.2 Å². The average Bonchev–Trinajstić information content (AvgIpc) is 3.06. The summed E-state index contributed by atoms with van der Waals surface area (Å²) in [5, 5.41) is 6.32. The van der Waals surface area contributed by atoms with Gasteiger partial charge in [-0.25, -0.2) is 0 Å². The van der Waals surface area contributed by atoms with Crippen LogP contribution in [-0.4, -0.2) is 47.7 Å². The lowest BCUT2D eigenvalue weighted by Gasteiger charge is -2.14. The molecule has 1 saturated heterocycles. The maximum absolute atomic E-state index is 13.1. The van der Waals surface area contributed by atoms with Gasteiger partial charge in [-0.15, -0.1) is 0 Å². The predicted molar refractivity (Wildman–Crippen MR) is 124 cm³/mol. The zero-order valence-corrected chi connectivity index (χ0v) is 18.8. The summed E-state index contributed by atoms with van der Waals surface area (Å²) in [4.78, 5) is 39.9. The molecule has 2 aromatic rings. The number of amides is 3. The van der Waals surface area contributed by atoms with Gasteiger partial charge in [0, 0.05) is 6.54 Å². The first-order valence-corrected chi connectivity index (χ1v) is 10.3. The minimum Gasteiger partial charge on any atom is -0.497 e. The number of methoxy groups -OCH3 is 2. The monoisotopic (exact) mass is 469 g/mol. The van der Waals surface area contributed by atoms with Gasteiger partial charge in [0.15, 0.2) is 11.0 Å². The number of nitrogens with two attached hydrogens (primary N) is 1. The Hall–Kier alpha value is -3.99. The summed E-state index contributed by atoms with van der Waals surface area (Å²) in [5.41, 5.74) is 8.88. The van der Waals surface area contributed by atoms with E-state index >= 15 is 0 Å². The molecule has 0 saturated carbocycles. The van der Waals surface area contributed by atoms with Crippen LogP contribution in [0.1, 0.15) is 11.1 Å². The van der Waals surface area contributed by atoms with Crippen molar-refractivity contribution in [2.45, 2.75) is 13.1 Å². The molecule has 0 unspecified atom stereocenters. The number of hydrogen-bond donors (Lipinski definition) is 3. The second kappa shape index (κ2) is 10.6. The minimum atomic E-state index is -1.43. The zero-order valence-electron chi connectivity index (χ0n) is 18.0. The number of hydrazone groups is 1. The topological polar surface area (TPSA) is 135 Å². The summed E-state index contributed by atoms with van der Waals surface area (Å²) in [6.07, 6.45) is 0. The van der Waals surface area contributed by atoms with E-state index in [4.69, 9.17) is 27.4 Å². The van der Waals surface area contributed by atoms with E-state index in [1.54, 1.807) is 55.6 Å². The van der Waals surface area contributed by atoms with Crippen LogP contribution in [0, 0.1) is 5.92 Å². The van der Waals surface area contributed by atoms with Crippen LogP contribution < -0.4 is 25.9 Å². The summed E-state index contributed by atoms with van der Waals surface area (Å²) in [6, 6.07) is 13.9. The molecule has 1 aliphatic heterocycles. The van der Waals surface area contributed by atoms with Gasteiger partial charge in [0.1, 0.15) is 17.2 Å². The molecule has 2 aromatic carbocycles. The Morgan fingerprint density at radius 3 is 2.09 bits per heavy atom. The number of nitrogens with one attached hydrogen (secondary N) is 2. The van der Waals surface area contributed by atoms with Crippen LogP contribution in [-0.2, 0) is 27.5 Å². The molecule has 11 heteroatoms. The molecule has 10 nitrogen and oxygen atoms in total. The molecule has 172 valence electrons. The van der Waals surface area contributed by atoms with E-state index in [-0.39, 0.29) is 23.9 Å². The van der Waals surface area contributed by atoms with Crippen LogP contribution in [0.2, 0.25) is 0 Å². The number of ether oxygens (including phenoxy) is 2. The lowest BCUT2D eigenvalue weighted by molar-refractivity contribution is -0.141. The average molecular weight is 470 g/mol. The van der Waals surface area contributed by atoms with E-state index < -0.39 is 23.6 Å². The van der Waals surface area contributed by atoms with E-state index in [9.17, 15) is 14.4 Å². The van der Waals surface area contributed by atoms with E-state index in [0.717, 1.165) is 10.5 Å². The Morgan fingerprint density at radius 2 is 1.58 bits per heavy atom. The molecular weight excluding hydrogens is 446 g/mol. The van der Waals surface area contributed by atoms with Gasteiger partial charge in [0.2, 0.25) is 11.8 Å². The normalized spacial score (nSPS) is 16.6. The number of carbonyl (C=O) groups excluding carboxylic acids is 3. The molecule has 3 amide bonds. The first-order chi connectivity index (χ1) is 15.8. The largest absolute Gasteiger partial charge is 0.497 e. The van der Waals surface area contributed by atoms with Crippen LogP contribution in [0.25, 0.3) is 0 Å². The third-order valence-electron chi connectivity index (χ3n) is 4.92. The lowest BCUT2D eigenvalue weighted by Crippen LogP contribution is -2.39. The van der Waals surface area contributed by atoms with Gasteiger partial charge in [0.25, 0.3) is 5.91 Å². The fraction of sp³-hybridized carbons (Fsp3) is 0.227. The van der Waals surface area contributed by atoms with Crippen LogP contribution in [0.15, 0.2) is 53.6 Å². The molecular formula is C22H23N5O5S. The molecule has 4 N–H and O–H groups in total. The second-order valence-corrected chi connectivity index (χ2v) is 7.49. The maximum Gasteiger partial charge on any atom is 0.278 e. The van der Waals surface area contributed by atoms with Crippen molar-refractivity contribution >= 4 is 40.8 Å². The molecule has 0 spiro atoms. The van der Waals surface area contributed by atoms with Gasteiger partial charge in [0.05, 0.1) is 20.8 Å². The highest BCUT2D eigenvalue weighted by molar-refractivity contribution is 7.80. The number of imide groups is 1. The zero-order chi connectivity index (χ0) is 24.0. The first kappa shape index (κ1) is 23.7. The summed E-state index contributed by atoms with van der Waals surface area (Å²) < 4.78 is 10.2. The Labute approximate surface area is 195 Å². The van der Waals surface area contributed by atoms with E-state index in [1.165, 1.54) is 7.11 Å². The lowest BCUT2D eigenvalue weighted by atomic mass is 10.0. The predicted octanol–water partition coefficient (Wildman–Crippen LogP) is 0.694. The quantitative estimate of drug-likeness (QED) is 0.222. The Morgan fingerprint density at radius 1 is 1.03 bits per heavy atom. The first-order valence-electron chi connectivity index (χ1n) is 9.86. The molecule has 1 aliphatic rings. The fourth-order valence-electron chi connectivity index (χ4n) is 3.20. The third kappa shape index (κ3) is 5.63. The third-order valence-corrected chi connectivity index (χ3v) is 5.02. The Kier molecular flexibility index (Phi) is 7.57. The van der Waals surface area contributed by atoms with E-state index in [0.29, 0.717) is 17.1 Å². The number of likely N-dealkylation sites (tertiary alicyclic amines) is 1. The Bertz CT molecular complexity index is 1090. The molecule has 0 aliphatic carbocycles. The molecule has 1 fully saturated rings. The van der Waals surface area contributed by atoms with Crippen LogP contribution in [0.4, 0.5) is 0 Å². The summed E-state index contributed by atoms with van der Waals surface area (Å²) in [6.45, 7) is 0.116. The Balaban J connectivity index is 1.79. The van der Waals surface area contributed by atoms with E-state index in [1.807, 2.05) is 0 Å². The minimum absolute atomic E-state index is 0.0317. The van der Waals surface area contributed by atoms with Crippen molar-refractivity contribution in [3.63, 3.8) is 0 Å². The molecule has 0 bridgehead atoms. The van der Waals surface area contributed by atoms with Gasteiger partial charge in [-0.2, -0.15) is 5.10 Å². The highest BCUT2D eigenvalue weighted by atomic mass is 32.1. The molecule has 1 heterocycles. The molecule has 0 aromatic heterocycles. The van der Waals surface area contributed by atoms with Crippen molar-refractivity contribution < 1.29 is 23.9 Å². The molecule has 33 heavy (non-hydrogen) atoms. The fourth-order valence-corrected chi connectivity index (χ4v) is 3.24. The number of rotatable bonds is 8. The molecule has 1 atom stereocenters. The number of nitrogens with zero attached hydrogens (tertiary/aromatic N) is 2. The van der Waals surface area contributed by atoms with Gasteiger partial charge in [-0.1, -0.05) is 24.3 Å². The van der Waals surface area contributed by atoms with E-state index in [2.05, 4.69) is 15.8 Å². The summed E-state index contributed by atoms with van der Waals surface area (Å²) in [7, 11) is 3.09. The molecule has 3 rings (SSSR count). The number of hydrogen-bond acceptors (Lipinski definition) is 7. The number of thiocarbonyl (C=S) groups is 1. The van der Waals surface area contributed by atoms with Crippen molar-refractivity contribution in [2.75, 3.05) is 14.2 Å². The maximum atomic E-state index is 13.1. The highest BCUT2D eigenvalue weighted by Crippen LogP contribution is 2.22. The van der Waals surface area contributed by atoms with Gasteiger partial charge >= 0.3 is 0 Å².